The molecule has 1 atom stereocenters. The zero-order chi connectivity index (χ0) is 17.0. The summed E-state index contributed by atoms with van der Waals surface area (Å²) >= 11 is 11.8. The third-order valence-electron chi connectivity index (χ3n) is 3.54. The molecule has 0 bridgehead atoms. The molecule has 4 amide bonds. The first-order chi connectivity index (χ1) is 10.9. The van der Waals surface area contributed by atoms with Crippen molar-refractivity contribution in [3.05, 3.63) is 33.8 Å². The van der Waals surface area contributed by atoms with Gasteiger partial charge in [0.2, 0.25) is 11.8 Å². The molecule has 0 saturated carbocycles. The molecular weight excluding hydrogens is 341 g/mol. The van der Waals surface area contributed by atoms with Crippen LogP contribution < -0.4 is 10.6 Å². The molecule has 1 aliphatic heterocycles. The topological polar surface area (TPSA) is 78.5 Å². The Morgan fingerprint density at radius 2 is 2.09 bits per heavy atom. The number of imide groups is 1. The van der Waals surface area contributed by atoms with E-state index in [2.05, 4.69) is 10.6 Å². The maximum Gasteiger partial charge on any atom is 0.324 e. The third kappa shape index (κ3) is 4.59. The third-order valence-corrected chi connectivity index (χ3v) is 4.28. The number of benzene rings is 1. The Kier molecular flexibility index (Phi) is 5.85. The maximum absolute atomic E-state index is 11.9. The van der Waals surface area contributed by atoms with Crippen molar-refractivity contribution in [3.8, 4) is 0 Å². The van der Waals surface area contributed by atoms with E-state index in [9.17, 15) is 14.4 Å². The number of rotatable bonds is 6. The zero-order valence-corrected chi connectivity index (χ0v) is 14.1. The SMILES string of the molecule is CC(NC(=O)CCCN1C(=O)CNC1=O)c1ccc(Cl)c(Cl)c1. The fraction of sp³-hybridized carbons (Fsp3) is 0.400. The Hall–Kier alpha value is -1.79. The predicted octanol–water partition coefficient (Wildman–Crippen LogP) is 2.50. The molecule has 1 saturated heterocycles. The second-order valence-electron chi connectivity index (χ2n) is 5.27. The fourth-order valence-corrected chi connectivity index (χ4v) is 2.56. The van der Waals surface area contributed by atoms with Crippen molar-refractivity contribution in [3.63, 3.8) is 0 Å². The number of carbonyl (C=O) groups excluding carboxylic acids is 3. The number of carbonyl (C=O) groups is 3. The Morgan fingerprint density at radius 1 is 1.35 bits per heavy atom. The lowest BCUT2D eigenvalue weighted by Crippen LogP contribution is -2.33. The average molecular weight is 358 g/mol. The number of nitrogens with one attached hydrogen (secondary N) is 2. The highest BCUT2D eigenvalue weighted by Gasteiger charge is 2.27. The molecular formula is C15H17Cl2N3O3. The summed E-state index contributed by atoms with van der Waals surface area (Å²) in [5.41, 5.74) is 0.849. The van der Waals surface area contributed by atoms with Crippen LogP contribution in [-0.4, -0.2) is 35.8 Å². The summed E-state index contributed by atoms with van der Waals surface area (Å²) in [6.07, 6.45) is 0.641. The van der Waals surface area contributed by atoms with Gasteiger partial charge < -0.3 is 10.6 Å². The van der Waals surface area contributed by atoms with Gasteiger partial charge in [-0.3, -0.25) is 14.5 Å². The van der Waals surface area contributed by atoms with E-state index in [4.69, 9.17) is 23.2 Å². The molecule has 124 valence electrons. The van der Waals surface area contributed by atoms with E-state index >= 15 is 0 Å². The van der Waals surface area contributed by atoms with Crippen LogP contribution in [0.3, 0.4) is 0 Å². The monoisotopic (exact) mass is 357 g/mol. The van der Waals surface area contributed by atoms with E-state index in [1.54, 1.807) is 18.2 Å². The normalized spacial score (nSPS) is 15.5. The van der Waals surface area contributed by atoms with Crippen molar-refractivity contribution >= 4 is 41.0 Å². The lowest BCUT2D eigenvalue weighted by Gasteiger charge is -2.16. The first-order valence-corrected chi connectivity index (χ1v) is 7.96. The van der Waals surface area contributed by atoms with Crippen LogP contribution in [0, 0.1) is 0 Å². The van der Waals surface area contributed by atoms with E-state index in [-0.39, 0.29) is 37.4 Å². The molecule has 1 aromatic rings. The highest BCUT2D eigenvalue weighted by molar-refractivity contribution is 6.42. The van der Waals surface area contributed by atoms with E-state index in [0.717, 1.165) is 10.5 Å². The van der Waals surface area contributed by atoms with Crippen LogP contribution in [-0.2, 0) is 9.59 Å². The minimum Gasteiger partial charge on any atom is -0.350 e. The number of hydrogen-bond donors (Lipinski definition) is 2. The number of halogens is 2. The van der Waals surface area contributed by atoms with Crippen LogP contribution in [0.2, 0.25) is 10.0 Å². The van der Waals surface area contributed by atoms with Gasteiger partial charge in [-0.25, -0.2) is 4.79 Å². The van der Waals surface area contributed by atoms with Crippen molar-refractivity contribution in [2.24, 2.45) is 0 Å². The predicted molar refractivity (Wildman–Crippen MR) is 87.4 cm³/mol. The van der Waals surface area contributed by atoms with Gasteiger partial charge in [-0.05, 0) is 31.0 Å². The van der Waals surface area contributed by atoms with Gasteiger partial charge in [0.1, 0.15) is 0 Å². The summed E-state index contributed by atoms with van der Waals surface area (Å²) in [5, 5.41) is 6.18. The molecule has 1 heterocycles. The molecule has 1 fully saturated rings. The molecule has 1 aromatic carbocycles. The molecule has 0 aliphatic carbocycles. The van der Waals surface area contributed by atoms with Crippen LogP contribution >= 0.6 is 23.2 Å². The molecule has 1 unspecified atom stereocenters. The molecule has 2 N–H and O–H groups in total. The fourth-order valence-electron chi connectivity index (χ4n) is 2.26. The summed E-state index contributed by atoms with van der Waals surface area (Å²) < 4.78 is 0. The quantitative estimate of drug-likeness (QED) is 0.767. The molecule has 6 nitrogen and oxygen atoms in total. The Morgan fingerprint density at radius 3 is 2.70 bits per heavy atom. The number of hydrogen-bond acceptors (Lipinski definition) is 3. The van der Waals surface area contributed by atoms with E-state index < -0.39 is 6.03 Å². The minimum atomic E-state index is -0.403. The Bertz CT molecular complexity index is 620. The van der Waals surface area contributed by atoms with Gasteiger partial charge in [0.25, 0.3) is 0 Å². The standard InChI is InChI=1S/C15H17Cl2N3O3/c1-9(10-4-5-11(16)12(17)7-10)19-13(21)3-2-6-20-14(22)8-18-15(20)23/h4-5,7,9H,2-3,6,8H2,1H3,(H,18,23)(H,19,21). The van der Waals surface area contributed by atoms with E-state index in [0.29, 0.717) is 16.5 Å². The lowest BCUT2D eigenvalue weighted by atomic mass is 10.1. The molecule has 8 heteroatoms. The molecule has 0 aromatic heterocycles. The Labute approximate surface area is 144 Å². The van der Waals surface area contributed by atoms with Gasteiger partial charge in [0.15, 0.2) is 0 Å². The summed E-state index contributed by atoms with van der Waals surface area (Å²) in [7, 11) is 0. The summed E-state index contributed by atoms with van der Waals surface area (Å²) in [6, 6.07) is 4.57. The molecule has 0 radical (unpaired) electrons. The molecule has 0 spiro atoms. The van der Waals surface area contributed by atoms with Crippen LogP contribution in [0.25, 0.3) is 0 Å². The molecule has 23 heavy (non-hydrogen) atoms. The van der Waals surface area contributed by atoms with E-state index in [1.165, 1.54) is 0 Å². The molecule has 2 rings (SSSR count). The van der Waals surface area contributed by atoms with Crippen molar-refractivity contribution < 1.29 is 14.4 Å². The van der Waals surface area contributed by atoms with Gasteiger partial charge in [-0.1, -0.05) is 29.3 Å². The first-order valence-electron chi connectivity index (χ1n) is 7.21. The van der Waals surface area contributed by atoms with Gasteiger partial charge in [-0.2, -0.15) is 0 Å². The average Bonchev–Trinajstić information content (AvgIpc) is 2.81. The van der Waals surface area contributed by atoms with Crippen LogP contribution in [0.5, 0.6) is 0 Å². The molecule has 1 aliphatic rings. The van der Waals surface area contributed by atoms with Crippen molar-refractivity contribution in [2.45, 2.75) is 25.8 Å². The number of urea groups is 1. The number of amides is 4. The van der Waals surface area contributed by atoms with Crippen LogP contribution in [0.1, 0.15) is 31.4 Å². The number of nitrogens with zero attached hydrogens (tertiary/aromatic N) is 1. The summed E-state index contributed by atoms with van der Waals surface area (Å²) in [4.78, 5) is 35.8. The highest BCUT2D eigenvalue weighted by atomic mass is 35.5. The van der Waals surface area contributed by atoms with Crippen molar-refractivity contribution in [1.82, 2.24) is 15.5 Å². The van der Waals surface area contributed by atoms with Crippen molar-refractivity contribution in [2.75, 3.05) is 13.1 Å². The summed E-state index contributed by atoms with van der Waals surface area (Å²) in [6.45, 7) is 2.10. The van der Waals surface area contributed by atoms with Crippen molar-refractivity contribution in [1.29, 1.82) is 0 Å². The van der Waals surface area contributed by atoms with Crippen LogP contribution in [0.4, 0.5) is 4.79 Å². The first kappa shape index (κ1) is 17.6. The van der Waals surface area contributed by atoms with Gasteiger partial charge in [0.05, 0.1) is 22.6 Å². The zero-order valence-electron chi connectivity index (χ0n) is 12.6. The largest absolute Gasteiger partial charge is 0.350 e. The van der Waals surface area contributed by atoms with Crippen LogP contribution in [0.15, 0.2) is 18.2 Å². The van der Waals surface area contributed by atoms with Gasteiger partial charge in [0, 0.05) is 13.0 Å². The maximum atomic E-state index is 11.9. The smallest absolute Gasteiger partial charge is 0.324 e. The Balaban J connectivity index is 1.79. The minimum absolute atomic E-state index is 0.0272. The highest BCUT2D eigenvalue weighted by Crippen LogP contribution is 2.25. The second-order valence-corrected chi connectivity index (χ2v) is 6.08. The van der Waals surface area contributed by atoms with E-state index in [1.807, 2.05) is 6.92 Å². The van der Waals surface area contributed by atoms with Gasteiger partial charge >= 0.3 is 6.03 Å². The van der Waals surface area contributed by atoms with Gasteiger partial charge in [-0.15, -0.1) is 0 Å². The summed E-state index contributed by atoms with van der Waals surface area (Å²) in [5.74, 6) is -0.421. The second kappa shape index (κ2) is 7.66. The lowest BCUT2D eigenvalue weighted by molar-refractivity contribution is -0.126.